The van der Waals surface area contributed by atoms with Crippen LogP contribution in [0.5, 0.6) is 0 Å². The molecule has 1 aliphatic carbocycles. The quantitative estimate of drug-likeness (QED) is 0.829. The minimum Gasteiger partial charge on any atom is -0.267 e. The average Bonchev–Trinajstić information content (AvgIpc) is 2.33. The normalized spacial score (nSPS) is 15.8. The Bertz CT molecular complexity index is 626. The molecule has 1 fully saturated rings. The summed E-state index contributed by atoms with van der Waals surface area (Å²) in [6.07, 6.45) is 6.30. The molecule has 0 spiro atoms. The molecule has 0 N–H and O–H groups in total. The van der Waals surface area contributed by atoms with Crippen molar-refractivity contribution in [3.8, 4) is 0 Å². The van der Waals surface area contributed by atoms with Crippen LogP contribution in [-0.2, 0) is 13.5 Å². The van der Waals surface area contributed by atoms with E-state index in [-0.39, 0.29) is 5.56 Å². The van der Waals surface area contributed by atoms with Gasteiger partial charge in [-0.1, -0.05) is 37.5 Å². The Kier molecular flexibility index (Phi) is 2.90. The Hall–Kier alpha value is -1.64. The SMILES string of the molecule is Cn1nc(CCC2CCC2)c2ccccc2c1=O. The van der Waals surface area contributed by atoms with Gasteiger partial charge < -0.3 is 0 Å². The summed E-state index contributed by atoms with van der Waals surface area (Å²) in [6.45, 7) is 0. The molecule has 0 saturated heterocycles. The Morgan fingerprint density at radius 1 is 1.28 bits per heavy atom. The van der Waals surface area contributed by atoms with E-state index in [1.807, 2.05) is 24.3 Å². The third-order valence-electron chi connectivity index (χ3n) is 4.05. The zero-order chi connectivity index (χ0) is 12.5. The minimum absolute atomic E-state index is 0.00186. The van der Waals surface area contributed by atoms with Crippen molar-refractivity contribution in [3.63, 3.8) is 0 Å². The van der Waals surface area contributed by atoms with Crippen LogP contribution in [-0.4, -0.2) is 9.78 Å². The first-order valence-corrected chi connectivity index (χ1v) is 6.70. The molecule has 3 nitrogen and oxygen atoms in total. The summed E-state index contributed by atoms with van der Waals surface area (Å²) in [5, 5.41) is 6.25. The Labute approximate surface area is 106 Å². The lowest BCUT2D eigenvalue weighted by Crippen LogP contribution is -2.22. The van der Waals surface area contributed by atoms with Gasteiger partial charge in [-0.3, -0.25) is 4.79 Å². The van der Waals surface area contributed by atoms with Gasteiger partial charge in [0, 0.05) is 12.4 Å². The van der Waals surface area contributed by atoms with E-state index in [4.69, 9.17) is 0 Å². The van der Waals surface area contributed by atoms with Gasteiger partial charge >= 0.3 is 0 Å². The Balaban J connectivity index is 1.99. The van der Waals surface area contributed by atoms with E-state index in [0.29, 0.717) is 0 Å². The number of nitrogens with zero attached hydrogens (tertiary/aromatic N) is 2. The third kappa shape index (κ3) is 1.94. The molecule has 2 aromatic rings. The van der Waals surface area contributed by atoms with Gasteiger partial charge in [0.25, 0.3) is 5.56 Å². The lowest BCUT2D eigenvalue weighted by molar-refractivity contribution is 0.295. The van der Waals surface area contributed by atoms with Gasteiger partial charge in [0.2, 0.25) is 0 Å². The highest BCUT2D eigenvalue weighted by atomic mass is 16.1. The molecular weight excluding hydrogens is 224 g/mol. The van der Waals surface area contributed by atoms with Crippen LogP contribution < -0.4 is 5.56 Å². The molecule has 1 aromatic carbocycles. The van der Waals surface area contributed by atoms with E-state index in [1.54, 1.807) is 7.05 Å². The largest absolute Gasteiger partial charge is 0.274 e. The van der Waals surface area contributed by atoms with Gasteiger partial charge in [-0.05, 0) is 24.8 Å². The van der Waals surface area contributed by atoms with E-state index in [9.17, 15) is 4.79 Å². The van der Waals surface area contributed by atoms with Crippen molar-refractivity contribution in [2.75, 3.05) is 0 Å². The van der Waals surface area contributed by atoms with E-state index in [1.165, 1.54) is 30.4 Å². The van der Waals surface area contributed by atoms with Crippen LogP contribution in [0.2, 0.25) is 0 Å². The molecule has 1 aromatic heterocycles. The second kappa shape index (κ2) is 4.56. The monoisotopic (exact) mass is 242 g/mol. The molecule has 1 aliphatic rings. The van der Waals surface area contributed by atoms with Gasteiger partial charge in [-0.2, -0.15) is 5.10 Å². The van der Waals surface area contributed by atoms with Crippen molar-refractivity contribution in [2.24, 2.45) is 13.0 Å². The second-order valence-corrected chi connectivity index (χ2v) is 5.26. The number of fused-ring (bicyclic) bond motifs is 1. The molecule has 1 heterocycles. The van der Waals surface area contributed by atoms with Crippen LogP contribution in [0.15, 0.2) is 29.1 Å². The molecule has 0 bridgehead atoms. The van der Waals surface area contributed by atoms with Crippen LogP contribution in [0, 0.1) is 5.92 Å². The van der Waals surface area contributed by atoms with Crippen LogP contribution in [0.1, 0.15) is 31.4 Å². The number of rotatable bonds is 3. The fourth-order valence-electron chi connectivity index (χ4n) is 2.68. The molecule has 3 heteroatoms. The number of aryl methyl sites for hydroxylation is 2. The van der Waals surface area contributed by atoms with E-state index < -0.39 is 0 Å². The zero-order valence-corrected chi connectivity index (χ0v) is 10.7. The molecule has 0 amide bonds. The number of hydrogen-bond donors (Lipinski definition) is 0. The minimum atomic E-state index is -0.00186. The molecule has 3 rings (SSSR count). The third-order valence-corrected chi connectivity index (χ3v) is 4.05. The van der Waals surface area contributed by atoms with Crippen LogP contribution in [0.3, 0.4) is 0 Å². The topological polar surface area (TPSA) is 34.9 Å². The molecule has 18 heavy (non-hydrogen) atoms. The number of hydrogen-bond acceptors (Lipinski definition) is 2. The first-order valence-electron chi connectivity index (χ1n) is 6.70. The Morgan fingerprint density at radius 2 is 2.00 bits per heavy atom. The van der Waals surface area contributed by atoms with E-state index >= 15 is 0 Å². The van der Waals surface area contributed by atoms with Crippen LogP contribution >= 0.6 is 0 Å². The smallest absolute Gasteiger partial charge is 0.267 e. The fraction of sp³-hybridized carbons (Fsp3) is 0.467. The molecule has 0 unspecified atom stereocenters. The second-order valence-electron chi connectivity index (χ2n) is 5.26. The molecule has 94 valence electrons. The molecular formula is C15H18N2O. The van der Waals surface area contributed by atoms with Crippen molar-refractivity contribution < 1.29 is 0 Å². The molecule has 0 aliphatic heterocycles. The maximum Gasteiger partial charge on any atom is 0.274 e. The zero-order valence-electron chi connectivity index (χ0n) is 10.7. The number of aromatic nitrogens is 2. The standard InChI is InChI=1S/C15H18N2O/c1-17-15(18)13-8-3-2-7-12(13)14(16-17)10-9-11-5-4-6-11/h2-3,7-8,11H,4-6,9-10H2,1H3. The van der Waals surface area contributed by atoms with Gasteiger partial charge in [-0.25, -0.2) is 4.68 Å². The summed E-state index contributed by atoms with van der Waals surface area (Å²) >= 11 is 0. The van der Waals surface area contributed by atoms with Gasteiger partial charge in [0.05, 0.1) is 11.1 Å². The van der Waals surface area contributed by atoms with Crippen molar-refractivity contribution in [2.45, 2.75) is 32.1 Å². The highest BCUT2D eigenvalue weighted by molar-refractivity contribution is 5.83. The average molecular weight is 242 g/mol. The fourth-order valence-corrected chi connectivity index (χ4v) is 2.68. The van der Waals surface area contributed by atoms with E-state index in [0.717, 1.165) is 28.8 Å². The van der Waals surface area contributed by atoms with Crippen LogP contribution in [0.4, 0.5) is 0 Å². The molecule has 0 atom stereocenters. The Morgan fingerprint density at radius 3 is 2.67 bits per heavy atom. The molecule has 1 saturated carbocycles. The van der Waals surface area contributed by atoms with Crippen molar-refractivity contribution >= 4 is 10.8 Å². The lowest BCUT2D eigenvalue weighted by atomic mass is 9.81. The molecule has 0 radical (unpaired) electrons. The van der Waals surface area contributed by atoms with Crippen molar-refractivity contribution in [3.05, 3.63) is 40.3 Å². The summed E-state index contributed by atoms with van der Waals surface area (Å²) in [7, 11) is 1.74. The summed E-state index contributed by atoms with van der Waals surface area (Å²) in [4.78, 5) is 12.0. The summed E-state index contributed by atoms with van der Waals surface area (Å²) in [5.41, 5.74) is 1.07. The van der Waals surface area contributed by atoms with Gasteiger partial charge in [0.15, 0.2) is 0 Å². The predicted molar refractivity (Wildman–Crippen MR) is 72.6 cm³/mol. The maximum atomic E-state index is 12.0. The number of benzene rings is 1. The predicted octanol–water partition coefficient (Wildman–Crippen LogP) is 2.67. The highest BCUT2D eigenvalue weighted by Gasteiger charge is 2.18. The van der Waals surface area contributed by atoms with Crippen molar-refractivity contribution in [1.29, 1.82) is 0 Å². The van der Waals surface area contributed by atoms with E-state index in [2.05, 4.69) is 5.10 Å². The first-order chi connectivity index (χ1) is 8.75. The highest BCUT2D eigenvalue weighted by Crippen LogP contribution is 2.30. The lowest BCUT2D eigenvalue weighted by Gasteiger charge is -2.25. The summed E-state index contributed by atoms with van der Waals surface area (Å²) < 4.78 is 1.47. The summed E-state index contributed by atoms with van der Waals surface area (Å²) in [6, 6.07) is 7.81. The first kappa shape index (κ1) is 11.5. The van der Waals surface area contributed by atoms with Crippen molar-refractivity contribution in [1.82, 2.24) is 9.78 Å². The van der Waals surface area contributed by atoms with Gasteiger partial charge in [0.1, 0.15) is 0 Å². The van der Waals surface area contributed by atoms with Crippen LogP contribution in [0.25, 0.3) is 10.8 Å². The maximum absolute atomic E-state index is 12.0. The van der Waals surface area contributed by atoms with Gasteiger partial charge in [-0.15, -0.1) is 0 Å². The summed E-state index contributed by atoms with van der Waals surface area (Å²) in [5.74, 6) is 0.878.